The minimum Gasteiger partial charge on any atom is -0.508 e. The standard InChI is InChI=1S/C14H18N2O2/c1-8-11(17)4-3-10(13(8)16)14(2)6-5-9(15)7-12(14)18/h3-7,12,17-18H,15-16H2,1-2H3. The van der Waals surface area contributed by atoms with Gasteiger partial charge in [-0.1, -0.05) is 12.1 Å². The number of rotatable bonds is 1. The van der Waals surface area contributed by atoms with Crippen molar-refractivity contribution in [1.82, 2.24) is 0 Å². The van der Waals surface area contributed by atoms with Gasteiger partial charge >= 0.3 is 0 Å². The molecule has 0 radical (unpaired) electrons. The lowest BCUT2D eigenvalue weighted by molar-refractivity contribution is 0.158. The molecule has 1 aromatic rings. The molecule has 1 aromatic carbocycles. The van der Waals surface area contributed by atoms with Gasteiger partial charge < -0.3 is 21.7 Å². The molecule has 2 unspecified atom stereocenters. The highest BCUT2D eigenvalue weighted by Crippen LogP contribution is 2.39. The van der Waals surface area contributed by atoms with Crippen LogP contribution in [0.15, 0.2) is 36.1 Å². The van der Waals surface area contributed by atoms with E-state index in [1.165, 1.54) is 0 Å². The van der Waals surface area contributed by atoms with Crippen LogP contribution < -0.4 is 11.5 Å². The maximum absolute atomic E-state index is 10.2. The van der Waals surface area contributed by atoms with Crippen LogP contribution in [0.25, 0.3) is 0 Å². The van der Waals surface area contributed by atoms with Crippen LogP contribution >= 0.6 is 0 Å². The lowest BCUT2D eigenvalue weighted by Crippen LogP contribution is -2.37. The van der Waals surface area contributed by atoms with E-state index >= 15 is 0 Å². The molecule has 0 saturated carbocycles. The lowest BCUT2D eigenvalue weighted by atomic mass is 9.73. The second kappa shape index (κ2) is 4.07. The number of hydrogen-bond acceptors (Lipinski definition) is 4. The largest absolute Gasteiger partial charge is 0.508 e. The number of aliphatic hydroxyl groups is 1. The summed E-state index contributed by atoms with van der Waals surface area (Å²) in [4.78, 5) is 0. The van der Waals surface area contributed by atoms with Crippen LogP contribution in [0.5, 0.6) is 5.75 Å². The van der Waals surface area contributed by atoms with Gasteiger partial charge in [0.15, 0.2) is 0 Å². The summed E-state index contributed by atoms with van der Waals surface area (Å²) < 4.78 is 0. The molecule has 6 N–H and O–H groups in total. The molecule has 2 rings (SSSR count). The zero-order valence-corrected chi connectivity index (χ0v) is 10.5. The smallest absolute Gasteiger partial charge is 0.120 e. The Morgan fingerprint density at radius 1 is 1.28 bits per heavy atom. The number of phenolic OH excluding ortho intramolecular Hbond substituents is 1. The highest BCUT2D eigenvalue weighted by atomic mass is 16.3. The van der Waals surface area contributed by atoms with Gasteiger partial charge in [0.05, 0.1) is 6.10 Å². The zero-order valence-electron chi connectivity index (χ0n) is 10.5. The fourth-order valence-electron chi connectivity index (χ4n) is 2.21. The van der Waals surface area contributed by atoms with E-state index in [0.29, 0.717) is 16.9 Å². The van der Waals surface area contributed by atoms with Crippen LogP contribution in [-0.4, -0.2) is 16.3 Å². The molecule has 2 atom stereocenters. The number of hydrogen-bond donors (Lipinski definition) is 4. The molecular weight excluding hydrogens is 228 g/mol. The van der Waals surface area contributed by atoms with Crippen LogP contribution in [-0.2, 0) is 5.41 Å². The Labute approximate surface area is 106 Å². The summed E-state index contributed by atoms with van der Waals surface area (Å²) in [5, 5.41) is 19.8. The van der Waals surface area contributed by atoms with Crippen molar-refractivity contribution in [2.45, 2.75) is 25.4 Å². The molecule has 18 heavy (non-hydrogen) atoms. The molecule has 4 heteroatoms. The zero-order chi connectivity index (χ0) is 13.5. The number of aromatic hydroxyl groups is 1. The first kappa shape index (κ1) is 12.5. The van der Waals surface area contributed by atoms with E-state index in [1.54, 1.807) is 31.2 Å². The number of nitrogen functional groups attached to an aromatic ring is 1. The number of allylic oxidation sites excluding steroid dienone is 1. The molecule has 0 amide bonds. The monoisotopic (exact) mass is 246 g/mol. The average molecular weight is 246 g/mol. The predicted molar refractivity (Wildman–Crippen MR) is 72.0 cm³/mol. The first-order valence-corrected chi connectivity index (χ1v) is 5.79. The molecule has 1 aliphatic rings. The Balaban J connectivity index is 2.56. The molecule has 0 aliphatic heterocycles. The Morgan fingerprint density at radius 2 is 1.94 bits per heavy atom. The predicted octanol–water partition coefficient (Wildman–Crippen LogP) is 1.31. The van der Waals surface area contributed by atoms with Gasteiger partial charge in [0, 0.05) is 22.4 Å². The Hall–Kier alpha value is -1.94. The summed E-state index contributed by atoms with van der Waals surface area (Å²) in [6.45, 7) is 3.64. The molecule has 96 valence electrons. The van der Waals surface area contributed by atoms with Gasteiger partial charge in [0.25, 0.3) is 0 Å². The molecule has 4 nitrogen and oxygen atoms in total. The van der Waals surface area contributed by atoms with Gasteiger partial charge in [0.2, 0.25) is 0 Å². The summed E-state index contributed by atoms with van der Waals surface area (Å²) in [5.41, 5.74) is 13.5. The first-order valence-electron chi connectivity index (χ1n) is 5.79. The fraction of sp³-hybridized carbons (Fsp3) is 0.286. The highest BCUT2D eigenvalue weighted by Gasteiger charge is 2.35. The van der Waals surface area contributed by atoms with Crippen molar-refractivity contribution in [3.63, 3.8) is 0 Å². The SMILES string of the molecule is Cc1c(O)ccc(C2(C)C=CC(N)=CC2O)c1N. The summed E-state index contributed by atoms with van der Waals surface area (Å²) in [6.07, 6.45) is 4.46. The Kier molecular flexibility index (Phi) is 2.83. The molecule has 1 aliphatic carbocycles. The minimum absolute atomic E-state index is 0.157. The third-order valence-corrected chi connectivity index (χ3v) is 3.65. The van der Waals surface area contributed by atoms with Crippen LogP contribution in [0.2, 0.25) is 0 Å². The molecule has 0 heterocycles. The average Bonchev–Trinajstić information content (AvgIpc) is 2.32. The minimum atomic E-state index is -0.742. The molecule has 0 bridgehead atoms. The topological polar surface area (TPSA) is 92.5 Å². The van der Waals surface area contributed by atoms with E-state index in [2.05, 4.69) is 0 Å². The number of nitrogens with two attached hydrogens (primary N) is 2. The van der Waals surface area contributed by atoms with E-state index in [9.17, 15) is 10.2 Å². The molecule has 0 spiro atoms. The third-order valence-electron chi connectivity index (χ3n) is 3.65. The van der Waals surface area contributed by atoms with Gasteiger partial charge in [-0.15, -0.1) is 0 Å². The molecule has 0 saturated heterocycles. The van der Waals surface area contributed by atoms with Crippen molar-refractivity contribution in [2.24, 2.45) is 5.73 Å². The first-order chi connectivity index (χ1) is 8.36. The van der Waals surface area contributed by atoms with Gasteiger partial charge in [-0.3, -0.25) is 0 Å². The summed E-state index contributed by atoms with van der Waals surface area (Å²) in [5.74, 6) is 0.157. The van der Waals surface area contributed by atoms with E-state index in [-0.39, 0.29) is 5.75 Å². The third kappa shape index (κ3) is 1.75. The maximum Gasteiger partial charge on any atom is 0.120 e. The maximum atomic E-state index is 10.2. The number of phenols is 1. The van der Waals surface area contributed by atoms with Crippen LogP contribution in [0.1, 0.15) is 18.1 Å². The second-order valence-electron chi connectivity index (χ2n) is 4.90. The summed E-state index contributed by atoms with van der Waals surface area (Å²) >= 11 is 0. The summed E-state index contributed by atoms with van der Waals surface area (Å²) in [7, 11) is 0. The normalized spacial score (nSPS) is 27.1. The van der Waals surface area contributed by atoms with Crippen molar-refractivity contribution >= 4 is 5.69 Å². The van der Waals surface area contributed by atoms with Gasteiger partial charge in [-0.2, -0.15) is 0 Å². The van der Waals surface area contributed by atoms with Crippen LogP contribution in [0, 0.1) is 6.92 Å². The van der Waals surface area contributed by atoms with Crippen molar-refractivity contribution in [3.8, 4) is 5.75 Å². The fourth-order valence-corrected chi connectivity index (χ4v) is 2.21. The van der Waals surface area contributed by atoms with Crippen molar-refractivity contribution < 1.29 is 10.2 Å². The van der Waals surface area contributed by atoms with Crippen molar-refractivity contribution in [3.05, 3.63) is 47.2 Å². The quantitative estimate of drug-likeness (QED) is 0.562. The Bertz CT molecular complexity index is 549. The molecule has 0 aromatic heterocycles. The number of anilines is 1. The van der Waals surface area contributed by atoms with E-state index in [4.69, 9.17) is 11.5 Å². The van der Waals surface area contributed by atoms with Crippen LogP contribution in [0.3, 0.4) is 0 Å². The van der Waals surface area contributed by atoms with Gasteiger partial charge in [0.1, 0.15) is 5.75 Å². The van der Waals surface area contributed by atoms with Gasteiger partial charge in [-0.25, -0.2) is 0 Å². The van der Waals surface area contributed by atoms with E-state index < -0.39 is 11.5 Å². The number of benzene rings is 1. The van der Waals surface area contributed by atoms with E-state index in [0.717, 1.165) is 5.56 Å². The van der Waals surface area contributed by atoms with E-state index in [1.807, 2.05) is 13.0 Å². The lowest BCUT2D eigenvalue weighted by Gasteiger charge is -2.34. The number of aliphatic hydroxyl groups excluding tert-OH is 1. The molecule has 0 fully saturated rings. The van der Waals surface area contributed by atoms with Crippen molar-refractivity contribution in [1.29, 1.82) is 0 Å². The van der Waals surface area contributed by atoms with Crippen LogP contribution in [0.4, 0.5) is 5.69 Å². The van der Waals surface area contributed by atoms with Gasteiger partial charge in [-0.05, 0) is 37.6 Å². The Morgan fingerprint density at radius 3 is 2.56 bits per heavy atom. The second-order valence-corrected chi connectivity index (χ2v) is 4.90. The summed E-state index contributed by atoms with van der Waals surface area (Å²) in [6, 6.07) is 3.33. The van der Waals surface area contributed by atoms with Crippen molar-refractivity contribution in [2.75, 3.05) is 5.73 Å². The highest BCUT2D eigenvalue weighted by molar-refractivity contribution is 5.63. The molecular formula is C14H18N2O2.